The van der Waals surface area contributed by atoms with Gasteiger partial charge in [0.15, 0.2) is 0 Å². The molecule has 0 saturated heterocycles. The van der Waals surface area contributed by atoms with Crippen LogP contribution in [0.3, 0.4) is 0 Å². The summed E-state index contributed by atoms with van der Waals surface area (Å²) in [6.07, 6.45) is 0. The third-order valence-electron chi connectivity index (χ3n) is 3.35. The van der Waals surface area contributed by atoms with Gasteiger partial charge in [-0.2, -0.15) is 0 Å². The molecule has 22 heavy (non-hydrogen) atoms. The lowest BCUT2D eigenvalue weighted by Crippen LogP contribution is -2.36. The zero-order valence-electron chi connectivity index (χ0n) is 12.4. The molecule has 1 aromatic carbocycles. The first-order valence-electron chi connectivity index (χ1n) is 6.98. The number of rotatable bonds is 6. The summed E-state index contributed by atoms with van der Waals surface area (Å²) in [7, 11) is 0. The number of nitrogens with one attached hydrogen (secondary N) is 2. The third kappa shape index (κ3) is 4.71. The molecule has 2 N–H and O–H groups in total. The minimum absolute atomic E-state index is 0.0677. The van der Waals surface area contributed by atoms with Gasteiger partial charge in [0.2, 0.25) is 5.91 Å². The second-order valence-corrected chi connectivity index (χ2v) is 6.90. The van der Waals surface area contributed by atoms with Crippen LogP contribution in [0, 0.1) is 0 Å². The fraction of sp³-hybridized carbons (Fsp3) is 0.312. The Labute approximate surface area is 144 Å². The van der Waals surface area contributed by atoms with Crippen LogP contribution >= 0.6 is 34.5 Å². The van der Waals surface area contributed by atoms with Crippen LogP contribution in [-0.2, 0) is 4.79 Å². The van der Waals surface area contributed by atoms with Gasteiger partial charge in [0.1, 0.15) is 0 Å². The summed E-state index contributed by atoms with van der Waals surface area (Å²) in [5, 5.41) is 9.31. The van der Waals surface area contributed by atoms with Crippen LogP contribution in [0.5, 0.6) is 0 Å². The average molecular weight is 357 g/mol. The largest absolute Gasteiger partial charge is 0.348 e. The molecule has 0 aliphatic rings. The van der Waals surface area contributed by atoms with E-state index in [-0.39, 0.29) is 24.5 Å². The molecule has 2 aromatic rings. The van der Waals surface area contributed by atoms with Crippen molar-refractivity contribution in [2.75, 3.05) is 6.54 Å². The highest BCUT2D eigenvalue weighted by Gasteiger charge is 2.14. The lowest BCUT2D eigenvalue weighted by molar-refractivity contribution is -0.121. The number of carbonyl (C=O) groups is 1. The summed E-state index contributed by atoms with van der Waals surface area (Å²) in [5.41, 5.74) is 0.853. The van der Waals surface area contributed by atoms with Crippen molar-refractivity contribution in [1.82, 2.24) is 10.6 Å². The third-order valence-corrected chi connectivity index (χ3v) is 4.96. The van der Waals surface area contributed by atoms with Crippen LogP contribution in [0.2, 0.25) is 10.0 Å². The normalized spacial score (nSPS) is 13.6. The van der Waals surface area contributed by atoms with Crippen LogP contribution < -0.4 is 10.6 Å². The maximum atomic E-state index is 12.0. The molecule has 0 spiro atoms. The molecule has 0 fully saturated rings. The van der Waals surface area contributed by atoms with E-state index < -0.39 is 0 Å². The van der Waals surface area contributed by atoms with Gasteiger partial charge in [-0.15, -0.1) is 11.3 Å². The summed E-state index contributed by atoms with van der Waals surface area (Å²) in [6, 6.07) is 9.31. The number of halogens is 2. The van der Waals surface area contributed by atoms with E-state index in [9.17, 15) is 4.79 Å². The van der Waals surface area contributed by atoms with Gasteiger partial charge in [-0.05, 0) is 43.0 Å². The second kappa shape index (κ2) is 7.97. The molecule has 0 aliphatic heterocycles. The predicted octanol–water partition coefficient (Wildman–Crippen LogP) is 4.58. The molecule has 3 nitrogen and oxygen atoms in total. The highest BCUT2D eigenvalue weighted by molar-refractivity contribution is 7.10. The van der Waals surface area contributed by atoms with Crippen LogP contribution in [-0.4, -0.2) is 12.5 Å². The molecule has 0 radical (unpaired) electrons. The van der Waals surface area contributed by atoms with Gasteiger partial charge in [-0.1, -0.05) is 35.3 Å². The van der Waals surface area contributed by atoms with Crippen molar-refractivity contribution >= 4 is 40.4 Å². The molecule has 2 atom stereocenters. The zero-order valence-corrected chi connectivity index (χ0v) is 14.7. The SMILES string of the molecule is C[C@@H](NCC(=O)N[C@H](C)c1ccc(Cl)cc1Cl)c1cccs1. The minimum atomic E-state index is -0.170. The number of amides is 1. The number of carbonyl (C=O) groups excluding carboxylic acids is 1. The van der Waals surface area contributed by atoms with Gasteiger partial charge in [0.25, 0.3) is 0 Å². The van der Waals surface area contributed by atoms with Crippen LogP contribution in [0.25, 0.3) is 0 Å². The van der Waals surface area contributed by atoms with Crippen molar-refractivity contribution in [3.63, 3.8) is 0 Å². The predicted molar refractivity (Wildman–Crippen MR) is 93.8 cm³/mol. The molecule has 0 bridgehead atoms. The smallest absolute Gasteiger partial charge is 0.234 e. The van der Waals surface area contributed by atoms with Gasteiger partial charge in [-0.3, -0.25) is 4.79 Å². The maximum Gasteiger partial charge on any atom is 0.234 e. The van der Waals surface area contributed by atoms with Crippen molar-refractivity contribution < 1.29 is 4.79 Å². The Bertz CT molecular complexity index is 631. The van der Waals surface area contributed by atoms with E-state index in [4.69, 9.17) is 23.2 Å². The standard InChI is InChI=1S/C16H18Cl2N2OS/c1-10(13-6-5-12(17)8-14(13)18)20-16(21)9-19-11(2)15-4-3-7-22-15/h3-8,10-11,19H,9H2,1-2H3,(H,20,21)/t10-,11-/m1/s1. The Morgan fingerprint density at radius 1 is 1.23 bits per heavy atom. The molecule has 1 amide bonds. The Hall–Kier alpha value is -1.07. The second-order valence-electron chi connectivity index (χ2n) is 5.07. The summed E-state index contributed by atoms with van der Waals surface area (Å²) >= 11 is 13.7. The molecule has 2 rings (SSSR count). The first-order valence-corrected chi connectivity index (χ1v) is 8.62. The van der Waals surface area contributed by atoms with E-state index in [1.165, 1.54) is 4.88 Å². The molecule has 0 aliphatic carbocycles. The number of thiophene rings is 1. The summed E-state index contributed by atoms with van der Waals surface area (Å²) in [6.45, 7) is 4.20. The lowest BCUT2D eigenvalue weighted by Gasteiger charge is -2.17. The van der Waals surface area contributed by atoms with E-state index in [2.05, 4.69) is 16.7 Å². The molecule has 6 heteroatoms. The van der Waals surface area contributed by atoms with E-state index in [0.29, 0.717) is 10.0 Å². The Balaban J connectivity index is 1.86. The molecule has 118 valence electrons. The molecular formula is C16H18Cl2N2OS. The van der Waals surface area contributed by atoms with E-state index in [1.54, 1.807) is 23.5 Å². The Kier molecular flexibility index (Phi) is 6.26. The van der Waals surface area contributed by atoms with Crippen molar-refractivity contribution in [2.45, 2.75) is 25.9 Å². The molecule has 0 saturated carbocycles. The topological polar surface area (TPSA) is 41.1 Å². The maximum absolute atomic E-state index is 12.0. The fourth-order valence-corrected chi connectivity index (χ4v) is 3.44. The summed E-state index contributed by atoms with van der Waals surface area (Å²) < 4.78 is 0. The Morgan fingerprint density at radius 3 is 2.64 bits per heavy atom. The minimum Gasteiger partial charge on any atom is -0.348 e. The quantitative estimate of drug-likeness (QED) is 0.794. The van der Waals surface area contributed by atoms with E-state index in [1.807, 2.05) is 31.4 Å². The van der Waals surface area contributed by atoms with Crippen molar-refractivity contribution in [3.05, 3.63) is 56.2 Å². The molecule has 1 aromatic heterocycles. The monoisotopic (exact) mass is 356 g/mol. The summed E-state index contributed by atoms with van der Waals surface area (Å²) in [4.78, 5) is 13.2. The first-order chi connectivity index (χ1) is 10.5. The van der Waals surface area contributed by atoms with Gasteiger partial charge in [-0.25, -0.2) is 0 Å². The first kappa shape index (κ1) is 17.3. The Morgan fingerprint density at radius 2 is 2.00 bits per heavy atom. The zero-order chi connectivity index (χ0) is 16.1. The highest BCUT2D eigenvalue weighted by Crippen LogP contribution is 2.26. The highest BCUT2D eigenvalue weighted by atomic mass is 35.5. The summed E-state index contributed by atoms with van der Waals surface area (Å²) in [5.74, 6) is -0.0677. The number of hydrogen-bond donors (Lipinski definition) is 2. The van der Waals surface area contributed by atoms with E-state index >= 15 is 0 Å². The molecular weight excluding hydrogens is 339 g/mol. The van der Waals surface area contributed by atoms with Gasteiger partial charge < -0.3 is 10.6 Å². The van der Waals surface area contributed by atoms with Crippen LogP contribution in [0.15, 0.2) is 35.7 Å². The van der Waals surface area contributed by atoms with Gasteiger partial charge >= 0.3 is 0 Å². The van der Waals surface area contributed by atoms with Gasteiger partial charge in [0, 0.05) is 21.0 Å². The van der Waals surface area contributed by atoms with E-state index in [0.717, 1.165) is 5.56 Å². The molecule has 1 heterocycles. The van der Waals surface area contributed by atoms with Crippen LogP contribution in [0.1, 0.15) is 36.4 Å². The number of hydrogen-bond acceptors (Lipinski definition) is 3. The van der Waals surface area contributed by atoms with Crippen molar-refractivity contribution in [3.8, 4) is 0 Å². The molecule has 0 unspecified atom stereocenters. The van der Waals surface area contributed by atoms with Crippen LogP contribution in [0.4, 0.5) is 0 Å². The van der Waals surface area contributed by atoms with Crippen molar-refractivity contribution in [1.29, 1.82) is 0 Å². The number of benzene rings is 1. The van der Waals surface area contributed by atoms with Gasteiger partial charge in [0.05, 0.1) is 12.6 Å². The lowest BCUT2D eigenvalue weighted by atomic mass is 10.1. The average Bonchev–Trinajstić information content (AvgIpc) is 2.98. The fourth-order valence-electron chi connectivity index (χ4n) is 2.11. The van der Waals surface area contributed by atoms with Crippen molar-refractivity contribution in [2.24, 2.45) is 0 Å².